The highest BCUT2D eigenvalue weighted by atomic mass is 35.5. The smallest absolute Gasteiger partial charge is 0.265 e. The number of carbonyl (C=O) groups is 2. The SMILES string of the molecule is CCCNCCNC(=O)CCN1C(=O)COc2ccccc21.Cl. The molecule has 23 heavy (non-hydrogen) atoms. The van der Waals surface area contributed by atoms with E-state index in [-0.39, 0.29) is 37.2 Å². The first-order chi connectivity index (χ1) is 10.7. The van der Waals surface area contributed by atoms with Crippen molar-refractivity contribution in [1.82, 2.24) is 10.6 Å². The van der Waals surface area contributed by atoms with Crippen LogP contribution in [0.15, 0.2) is 24.3 Å². The van der Waals surface area contributed by atoms with E-state index in [0.717, 1.165) is 25.2 Å². The summed E-state index contributed by atoms with van der Waals surface area (Å²) < 4.78 is 5.38. The zero-order chi connectivity index (χ0) is 15.8. The Morgan fingerprint density at radius 1 is 1.26 bits per heavy atom. The Bertz CT molecular complexity index is 525. The summed E-state index contributed by atoms with van der Waals surface area (Å²) in [5.74, 6) is 0.525. The van der Waals surface area contributed by atoms with Crippen molar-refractivity contribution < 1.29 is 14.3 Å². The third-order valence-electron chi connectivity index (χ3n) is 3.42. The lowest BCUT2D eigenvalue weighted by atomic mass is 10.2. The van der Waals surface area contributed by atoms with Crippen LogP contribution in [-0.2, 0) is 9.59 Å². The van der Waals surface area contributed by atoms with Gasteiger partial charge in [-0.15, -0.1) is 12.4 Å². The molecule has 0 bridgehead atoms. The summed E-state index contributed by atoms with van der Waals surface area (Å²) in [6.45, 7) is 4.82. The highest BCUT2D eigenvalue weighted by Crippen LogP contribution is 2.31. The van der Waals surface area contributed by atoms with Gasteiger partial charge in [0, 0.05) is 26.1 Å². The van der Waals surface area contributed by atoms with Crippen molar-refractivity contribution in [2.75, 3.05) is 37.7 Å². The fourth-order valence-corrected chi connectivity index (χ4v) is 2.29. The maximum absolute atomic E-state index is 12.0. The first-order valence-electron chi connectivity index (χ1n) is 7.72. The van der Waals surface area contributed by atoms with Crippen molar-refractivity contribution in [3.8, 4) is 5.75 Å². The van der Waals surface area contributed by atoms with Crippen LogP contribution < -0.4 is 20.3 Å². The number of benzene rings is 1. The van der Waals surface area contributed by atoms with Crippen molar-refractivity contribution in [1.29, 1.82) is 0 Å². The van der Waals surface area contributed by atoms with E-state index in [1.54, 1.807) is 4.90 Å². The monoisotopic (exact) mass is 341 g/mol. The fraction of sp³-hybridized carbons (Fsp3) is 0.500. The minimum atomic E-state index is -0.115. The Balaban J connectivity index is 0.00000264. The number of rotatable bonds is 8. The van der Waals surface area contributed by atoms with E-state index in [0.29, 0.717) is 18.8 Å². The standard InChI is InChI=1S/C16H23N3O3.ClH/c1-2-8-17-9-10-18-15(20)7-11-19-13-5-3-4-6-14(13)22-12-16(19)21;/h3-6,17H,2,7-12H2,1H3,(H,18,20);1H. The summed E-state index contributed by atoms with van der Waals surface area (Å²) in [6, 6.07) is 7.38. The minimum Gasteiger partial charge on any atom is -0.482 e. The Kier molecular flexibility index (Phi) is 8.43. The highest BCUT2D eigenvalue weighted by Gasteiger charge is 2.25. The van der Waals surface area contributed by atoms with E-state index in [4.69, 9.17) is 4.74 Å². The van der Waals surface area contributed by atoms with E-state index in [1.807, 2.05) is 24.3 Å². The lowest BCUT2D eigenvalue weighted by molar-refractivity contribution is -0.122. The van der Waals surface area contributed by atoms with Gasteiger partial charge in [-0.1, -0.05) is 19.1 Å². The molecule has 1 aromatic carbocycles. The molecular formula is C16H24ClN3O3. The number of nitrogens with zero attached hydrogens (tertiary/aromatic N) is 1. The normalized spacial score (nSPS) is 12.9. The van der Waals surface area contributed by atoms with Gasteiger partial charge in [0.1, 0.15) is 5.75 Å². The van der Waals surface area contributed by atoms with Gasteiger partial charge in [0.25, 0.3) is 5.91 Å². The second-order valence-corrected chi connectivity index (χ2v) is 5.15. The fourth-order valence-electron chi connectivity index (χ4n) is 2.29. The number of amides is 2. The van der Waals surface area contributed by atoms with Gasteiger partial charge >= 0.3 is 0 Å². The van der Waals surface area contributed by atoms with Crippen molar-refractivity contribution in [3.05, 3.63) is 24.3 Å². The van der Waals surface area contributed by atoms with Gasteiger partial charge in [0.15, 0.2) is 6.61 Å². The van der Waals surface area contributed by atoms with Crippen molar-refractivity contribution in [2.24, 2.45) is 0 Å². The lowest BCUT2D eigenvalue weighted by Crippen LogP contribution is -2.41. The van der Waals surface area contributed by atoms with Crippen LogP contribution in [0.2, 0.25) is 0 Å². The molecule has 6 nitrogen and oxygen atoms in total. The van der Waals surface area contributed by atoms with Crippen molar-refractivity contribution in [3.63, 3.8) is 0 Å². The van der Waals surface area contributed by atoms with Crippen LogP contribution in [0, 0.1) is 0 Å². The molecule has 2 rings (SSSR count). The highest BCUT2D eigenvalue weighted by molar-refractivity contribution is 5.98. The van der Waals surface area contributed by atoms with Crippen LogP contribution in [0.4, 0.5) is 5.69 Å². The number of fused-ring (bicyclic) bond motifs is 1. The third kappa shape index (κ3) is 5.73. The second kappa shape index (κ2) is 10.1. The molecule has 0 radical (unpaired) electrons. The molecule has 2 amide bonds. The molecule has 0 fully saturated rings. The summed E-state index contributed by atoms with van der Waals surface area (Å²) in [6.07, 6.45) is 1.36. The molecule has 0 atom stereocenters. The number of para-hydroxylation sites is 2. The molecule has 1 aliphatic rings. The van der Waals surface area contributed by atoms with Crippen LogP contribution in [0.1, 0.15) is 19.8 Å². The van der Waals surface area contributed by atoms with Gasteiger partial charge in [0.2, 0.25) is 5.91 Å². The minimum absolute atomic E-state index is 0. The maximum Gasteiger partial charge on any atom is 0.265 e. The Hall–Kier alpha value is -1.79. The number of carbonyl (C=O) groups excluding carboxylic acids is 2. The number of halogens is 1. The predicted molar refractivity (Wildman–Crippen MR) is 92.3 cm³/mol. The summed E-state index contributed by atoms with van der Waals surface area (Å²) >= 11 is 0. The lowest BCUT2D eigenvalue weighted by Gasteiger charge is -2.29. The van der Waals surface area contributed by atoms with Crippen LogP contribution in [0.3, 0.4) is 0 Å². The van der Waals surface area contributed by atoms with Gasteiger partial charge in [-0.2, -0.15) is 0 Å². The Morgan fingerprint density at radius 2 is 2.04 bits per heavy atom. The number of nitrogens with one attached hydrogen (secondary N) is 2. The average molecular weight is 342 g/mol. The Morgan fingerprint density at radius 3 is 2.83 bits per heavy atom. The molecule has 1 aliphatic heterocycles. The van der Waals surface area contributed by atoms with Crippen LogP contribution >= 0.6 is 12.4 Å². The molecule has 0 spiro atoms. The zero-order valence-corrected chi connectivity index (χ0v) is 14.2. The number of hydrogen-bond acceptors (Lipinski definition) is 4. The van der Waals surface area contributed by atoms with E-state index >= 15 is 0 Å². The van der Waals surface area contributed by atoms with Crippen LogP contribution in [-0.4, -0.2) is 44.6 Å². The van der Waals surface area contributed by atoms with Crippen LogP contribution in [0.25, 0.3) is 0 Å². The van der Waals surface area contributed by atoms with Crippen molar-refractivity contribution >= 4 is 29.9 Å². The maximum atomic E-state index is 12.0. The van der Waals surface area contributed by atoms with E-state index < -0.39 is 0 Å². The zero-order valence-electron chi connectivity index (χ0n) is 13.3. The first kappa shape index (κ1) is 19.3. The molecule has 1 heterocycles. The second-order valence-electron chi connectivity index (χ2n) is 5.15. The molecule has 1 aromatic rings. The predicted octanol–water partition coefficient (Wildman–Crippen LogP) is 1.34. The number of anilines is 1. The van der Waals surface area contributed by atoms with Gasteiger partial charge in [-0.3, -0.25) is 9.59 Å². The third-order valence-corrected chi connectivity index (χ3v) is 3.42. The summed E-state index contributed by atoms with van der Waals surface area (Å²) in [7, 11) is 0. The van der Waals surface area contributed by atoms with Gasteiger partial charge in [-0.05, 0) is 25.1 Å². The van der Waals surface area contributed by atoms with E-state index in [2.05, 4.69) is 17.6 Å². The molecule has 7 heteroatoms. The average Bonchev–Trinajstić information content (AvgIpc) is 2.53. The summed E-state index contributed by atoms with van der Waals surface area (Å²) in [5.41, 5.74) is 0.733. The number of hydrogen-bond donors (Lipinski definition) is 2. The van der Waals surface area contributed by atoms with Gasteiger partial charge < -0.3 is 20.3 Å². The summed E-state index contributed by atoms with van der Waals surface area (Å²) in [4.78, 5) is 25.4. The topological polar surface area (TPSA) is 70.7 Å². The van der Waals surface area contributed by atoms with E-state index in [9.17, 15) is 9.59 Å². The molecule has 0 unspecified atom stereocenters. The first-order valence-corrected chi connectivity index (χ1v) is 7.72. The molecule has 0 saturated heterocycles. The molecule has 0 aliphatic carbocycles. The Labute approximate surface area is 143 Å². The summed E-state index contributed by atoms with van der Waals surface area (Å²) in [5, 5.41) is 6.07. The largest absolute Gasteiger partial charge is 0.482 e. The molecule has 0 aromatic heterocycles. The molecule has 0 saturated carbocycles. The number of ether oxygens (including phenoxy) is 1. The molecule has 2 N–H and O–H groups in total. The van der Waals surface area contributed by atoms with E-state index in [1.165, 1.54) is 0 Å². The molecular weight excluding hydrogens is 318 g/mol. The molecule has 128 valence electrons. The van der Waals surface area contributed by atoms with Crippen LogP contribution in [0.5, 0.6) is 5.75 Å². The van der Waals surface area contributed by atoms with Crippen molar-refractivity contribution in [2.45, 2.75) is 19.8 Å². The van der Waals surface area contributed by atoms with Gasteiger partial charge in [0.05, 0.1) is 5.69 Å². The van der Waals surface area contributed by atoms with Gasteiger partial charge in [-0.25, -0.2) is 0 Å². The quantitative estimate of drug-likeness (QED) is 0.700.